The van der Waals surface area contributed by atoms with Crippen LogP contribution >= 0.6 is 23.2 Å². The van der Waals surface area contributed by atoms with Crippen LogP contribution in [-0.4, -0.2) is 90.5 Å². The van der Waals surface area contributed by atoms with Crippen molar-refractivity contribution in [1.82, 2.24) is 20.0 Å². The van der Waals surface area contributed by atoms with Crippen LogP contribution in [0.15, 0.2) is 42.5 Å². The first-order valence-electron chi connectivity index (χ1n) is 14.3. The van der Waals surface area contributed by atoms with Crippen LogP contribution in [0.2, 0.25) is 10.0 Å². The fourth-order valence-electron chi connectivity index (χ4n) is 6.54. The van der Waals surface area contributed by atoms with Crippen LogP contribution < -0.4 is 5.32 Å². The Morgan fingerprint density at radius 2 is 1.80 bits per heavy atom. The van der Waals surface area contributed by atoms with E-state index in [0.29, 0.717) is 16.6 Å². The van der Waals surface area contributed by atoms with E-state index in [1.807, 2.05) is 32.3 Å². The summed E-state index contributed by atoms with van der Waals surface area (Å²) in [6, 6.07) is 12.6. The molecule has 0 aliphatic carbocycles. The number of hydrogen-bond donors (Lipinski definition) is 2. The molecule has 2 amide bonds. The zero-order valence-electron chi connectivity index (χ0n) is 23.8. The maximum absolute atomic E-state index is 13.6. The molecule has 2 fully saturated rings. The number of rotatable bonds is 9. The number of aromatic hydroxyl groups is 1. The molecule has 2 unspecified atom stereocenters. The minimum absolute atomic E-state index is 0.00636. The number of likely N-dealkylation sites (N-methyl/N-ethyl adjacent to an activating group) is 2. The summed E-state index contributed by atoms with van der Waals surface area (Å²) < 4.78 is 0. The Kier molecular flexibility index (Phi) is 10.4. The van der Waals surface area contributed by atoms with E-state index in [4.69, 9.17) is 23.2 Å². The second-order valence-corrected chi connectivity index (χ2v) is 12.3. The number of nitrogens with zero attached hydrogens (tertiary/aromatic N) is 3. The van der Waals surface area contributed by atoms with Crippen molar-refractivity contribution in [2.24, 2.45) is 0 Å². The molecule has 2 atom stereocenters. The van der Waals surface area contributed by atoms with E-state index in [1.165, 1.54) is 6.07 Å². The molecule has 2 heterocycles. The van der Waals surface area contributed by atoms with Crippen LogP contribution in [0.3, 0.4) is 0 Å². The molecule has 218 valence electrons. The molecule has 7 nitrogen and oxygen atoms in total. The summed E-state index contributed by atoms with van der Waals surface area (Å²) in [4.78, 5) is 32.8. The highest BCUT2D eigenvalue weighted by atomic mass is 35.5. The van der Waals surface area contributed by atoms with E-state index in [1.54, 1.807) is 35.0 Å². The maximum atomic E-state index is 13.6. The molecule has 2 aromatic carbocycles. The van der Waals surface area contributed by atoms with Gasteiger partial charge in [0.1, 0.15) is 11.3 Å². The van der Waals surface area contributed by atoms with Gasteiger partial charge < -0.3 is 20.2 Å². The zero-order chi connectivity index (χ0) is 28.9. The predicted octanol–water partition coefficient (Wildman–Crippen LogP) is 5.40. The Labute approximate surface area is 248 Å². The van der Waals surface area contributed by atoms with Crippen molar-refractivity contribution in [1.29, 1.82) is 0 Å². The van der Waals surface area contributed by atoms with Crippen LogP contribution in [-0.2, 0) is 4.79 Å². The molecule has 4 rings (SSSR count). The summed E-state index contributed by atoms with van der Waals surface area (Å²) >= 11 is 12.7. The Morgan fingerprint density at radius 3 is 2.48 bits per heavy atom. The van der Waals surface area contributed by atoms with Gasteiger partial charge in [-0.15, -0.1) is 0 Å². The number of nitrogens with one attached hydrogen (secondary N) is 1. The van der Waals surface area contributed by atoms with Gasteiger partial charge in [0.25, 0.3) is 5.91 Å². The summed E-state index contributed by atoms with van der Waals surface area (Å²) in [5.74, 6) is -0.0457. The first-order valence-corrected chi connectivity index (χ1v) is 15.1. The Bertz CT molecular complexity index is 1180. The summed E-state index contributed by atoms with van der Waals surface area (Å²) in [5, 5.41) is 14.7. The van der Waals surface area contributed by atoms with E-state index >= 15 is 0 Å². The summed E-state index contributed by atoms with van der Waals surface area (Å²) in [6.07, 6.45) is 6.65. The molecule has 2 aromatic rings. The van der Waals surface area contributed by atoms with Crippen molar-refractivity contribution in [2.75, 3.05) is 47.3 Å². The van der Waals surface area contributed by atoms with E-state index in [0.717, 1.165) is 70.1 Å². The molecule has 2 N–H and O–H groups in total. The van der Waals surface area contributed by atoms with Crippen molar-refractivity contribution in [2.45, 2.75) is 62.4 Å². The van der Waals surface area contributed by atoms with Gasteiger partial charge in [-0.1, -0.05) is 47.8 Å². The third-order valence-corrected chi connectivity index (χ3v) is 9.39. The van der Waals surface area contributed by atoms with Gasteiger partial charge in [-0.2, -0.15) is 0 Å². The molecular formula is C31H42Cl2N4O3. The van der Waals surface area contributed by atoms with Crippen molar-refractivity contribution in [3.05, 3.63) is 63.6 Å². The number of halogens is 2. The lowest BCUT2D eigenvalue weighted by Crippen LogP contribution is -2.66. The van der Waals surface area contributed by atoms with Crippen LogP contribution in [0, 0.1) is 0 Å². The summed E-state index contributed by atoms with van der Waals surface area (Å²) in [5.41, 5.74) is 0.831. The summed E-state index contributed by atoms with van der Waals surface area (Å²) in [7, 11) is 5.50. The normalized spacial score (nSPS) is 20.1. The Morgan fingerprint density at radius 1 is 1.07 bits per heavy atom. The van der Waals surface area contributed by atoms with Gasteiger partial charge in [0, 0.05) is 39.6 Å². The minimum Gasteiger partial charge on any atom is -0.507 e. The van der Waals surface area contributed by atoms with Gasteiger partial charge >= 0.3 is 0 Å². The SMILES string of the molecule is CN(C)C(=O)C1(N2CCCCC2CCC(CN(C)C(=O)c2ccccc2O)c2ccc(Cl)c(Cl)c2)CCNCC1. The molecule has 40 heavy (non-hydrogen) atoms. The first-order chi connectivity index (χ1) is 19.1. The van der Waals surface area contributed by atoms with Gasteiger partial charge in [0.2, 0.25) is 5.91 Å². The number of benzene rings is 2. The quantitative estimate of drug-likeness (QED) is 0.410. The summed E-state index contributed by atoms with van der Waals surface area (Å²) in [6.45, 7) is 3.07. The number of phenols is 1. The molecule has 2 aliphatic heterocycles. The molecule has 0 radical (unpaired) electrons. The third-order valence-electron chi connectivity index (χ3n) is 8.65. The first kappa shape index (κ1) is 30.6. The van der Waals surface area contributed by atoms with E-state index in [-0.39, 0.29) is 35.1 Å². The highest BCUT2D eigenvalue weighted by Gasteiger charge is 2.48. The standard InChI is InChI=1S/C31H42Cl2N4O3/c1-35(2)30(40)31(15-17-34-18-16-31)37-19-7-6-8-24(37)13-11-23(22-12-14-26(32)27(33)20-22)21-36(3)29(39)25-9-4-5-10-28(25)38/h4-5,9-10,12,14,20,23-24,34,38H,6-8,11,13,15-19,21H2,1-3H3. The van der Waals surface area contributed by atoms with Gasteiger partial charge in [0.05, 0.1) is 15.6 Å². The molecule has 0 bridgehead atoms. The van der Waals surface area contributed by atoms with Crippen LogP contribution in [0.25, 0.3) is 0 Å². The largest absolute Gasteiger partial charge is 0.507 e. The van der Waals surface area contributed by atoms with Crippen molar-refractivity contribution in [3.63, 3.8) is 0 Å². The highest BCUT2D eigenvalue weighted by molar-refractivity contribution is 6.42. The topological polar surface area (TPSA) is 76.1 Å². The van der Waals surface area contributed by atoms with Crippen LogP contribution in [0.1, 0.15) is 66.8 Å². The molecule has 2 aliphatic rings. The van der Waals surface area contributed by atoms with Gasteiger partial charge in [-0.25, -0.2) is 0 Å². The number of piperidine rings is 2. The third kappa shape index (κ3) is 6.76. The number of phenolic OH excluding ortho intramolecular Hbond substituents is 1. The van der Waals surface area contributed by atoms with Gasteiger partial charge in [-0.3, -0.25) is 14.5 Å². The smallest absolute Gasteiger partial charge is 0.257 e. The average molecular weight is 590 g/mol. The number of amides is 2. The van der Waals surface area contributed by atoms with Crippen LogP contribution in [0.4, 0.5) is 0 Å². The lowest BCUT2D eigenvalue weighted by molar-refractivity contribution is -0.148. The fraction of sp³-hybridized carbons (Fsp3) is 0.548. The predicted molar refractivity (Wildman–Crippen MR) is 161 cm³/mol. The van der Waals surface area contributed by atoms with Crippen LogP contribution in [0.5, 0.6) is 5.75 Å². The molecular weight excluding hydrogens is 547 g/mol. The number of carbonyl (C=O) groups excluding carboxylic acids is 2. The minimum atomic E-state index is -0.476. The van der Waals surface area contributed by atoms with Gasteiger partial charge in [0.15, 0.2) is 0 Å². The lowest BCUT2D eigenvalue weighted by Gasteiger charge is -2.51. The van der Waals surface area contributed by atoms with Crippen molar-refractivity contribution >= 4 is 35.0 Å². The monoisotopic (exact) mass is 588 g/mol. The maximum Gasteiger partial charge on any atom is 0.257 e. The Hall–Kier alpha value is -2.32. The number of para-hydroxylation sites is 1. The van der Waals surface area contributed by atoms with E-state index < -0.39 is 5.54 Å². The molecule has 0 aromatic heterocycles. The number of hydrogen-bond acceptors (Lipinski definition) is 5. The van der Waals surface area contributed by atoms with E-state index in [2.05, 4.69) is 10.2 Å². The highest BCUT2D eigenvalue weighted by Crippen LogP contribution is 2.38. The number of carbonyl (C=O) groups is 2. The van der Waals surface area contributed by atoms with E-state index in [9.17, 15) is 14.7 Å². The Balaban J connectivity index is 1.57. The van der Waals surface area contributed by atoms with Gasteiger partial charge in [-0.05, 0) is 88.0 Å². The fourth-order valence-corrected chi connectivity index (χ4v) is 6.85. The molecule has 0 saturated carbocycles. The molecule has 0 spiro atoms. The lowest BCUT2D eigenvalue weighted by atomic mass is 9.80. The molecule has 2 saturated heterocycles. The zero-order valence-corrected chi connectivity index (χ0v) is 25.3. The van der Waals surface area contributed by atoms with Crippen molar-refractivity contribution in [3.8, 4) is 5.75 Å². The second-order valence-electron chi connectivity index (χ2n) is 11.5. The average Bonchev–Trinajstić information content (AvgIpc) is 2.96. The molecule has 9 heteroatoms. The second kappa shape index (κ2) is 13.6. The number of likely N-dealkylation sites (tertiary alicyclic amines) is 1. The van der Waals surface area contributed by atoms with Crippen molar-refractivity contribution < 1.29 is 14.7 Å².